The standard InChI is InChI=1S/C23H31N5O2/c1-25-13-10-21(24-30)20-9-14-28(22(20)23(25)29)12-6-5-11-26-15-17-27(18-16-26)19-7-3-2-4-8-19/h2-4,7-9,14,30H,5-6,10-13,15-18H2,1H3/b24-21-. The molecule has 0 unspecified atom stereocenters. The van der Waals surface area contributed by atoms with Crippen molar-refractivity contribution < 1.29 is 10.0 Å². The van der Waals surface area contributed by atoms with E-state index in [-0.39, 0.29) is 5.91 Å². The number of carbonyl (C=O) groups is 1. The Morgan fingerprint density at radius 3 is 2.43 bits per heavy atom. The molecule has 0 saturated carbocycles. The third-order valence-electron chi connectivity index (χ3n) is 6.25. The van der Waals surface area contributed by atoms with E-state index in [4.69, 9.17) is 0 Å². The minimum Gasteiger partial charge on any atom is -0.411 e. The first-order valence-corrected chi connectivity index (χ1v) is 10.9. The summed E-state index contributed by atoms with van der Waals surface area (Å²) in [4.78, 5) is 19.5. The van der Waals surface area contributed by atoms with Crippen LogP contribution in [0.15, 0.2) is 47.8 Å². The van der Waals surface area contributed by atoms with Crippen LogP contribution in [0.3, 0.4) is 0 Å². The number of benzene rings is 1. The summed E-state index contributed by atoms with van der Waals surface area (Å²) in [7, 11) is 1.80. The molecule has 1 aromatic carbocycles. The van der Waals surface area contributed by atoms with Crippen molar-refractivity contribution in [1.82, 2.24) is 14.4 Å². The van der Waals surface area contributed by atoms with E-state index in [0.29, 0.717) is 24.4 Å². The Balaban J connectivity index is 1.27. The van der Waals surface area contributed by atoms with Gasteiger partial charge in [-0.2, -0.15) is 0 Å². The molecule has 3 heterocycles. The lowest BCUT2D eigenvalue weighted by Gasteiger charge is -2.36. The number of hydrogen-bond acceptors (Lipinski definition) is 5. The number of aromatic nitrogens is 1. The summed E-state index contributed by atoms with van der Waals surface area (Å²) in [6.45, 7) is 6.78. The lowest BCUT2D eigenvalue weighted by atomic mass is 10.1. The van der Waals surface area contributed by atoms with E-state index in [0.717, 1.165) is 57.7 Å². The molecule has 0 aliphatic carbocycles. The van der Waals surface area contributed by atoms with E-state index in [1.807, 2.05) is 16.8 Å². The molecule has 1 N–H and O–H groups in total. The second kappa shape index (κ2) is 9.34. The van der Waals surface area contributed by atoms with Crippen LogP contribution in [0.25, 0.3) is 0 Å². The number of hydrogen-bond donors (Lipinski definition) is 1. The highest BCUT2D eigenvalue weighted by Gasteiger charge is 2.27. The smallest absolute Gasteiger partial charge is 0.270 e. The average Bonchev–Trinajstić information content (AvgIpc) is 3.16. The van der Waals surface area contributed by atoms with Gasteiger partial charge in [-0.15, -0.1) is 0 Å². The van der Waals surface area contributed by atoms with Crippen molar-refractivity contribution in [3.05, 3.63) is 53.9 Å². The fourth-order valence-electron chi connectivity index (χ4n) is 4.41. The Hall–Kier alpha value is -2.80. The lowest BCUT2D eigenvalue weighted by molar-refractivity contribution is 0.0791. The van der Waals surface area contributed by atoms with Gasteiger partial charge in [0.1, 0.15) is 5.69 Å². The molecule has 1 amide bonds. The number of nitrogens with zero attached hydrogens (tertiary/aromatic N) is 5. The average molecular weight is 410 g/mol. The molecule has 1 aromatic heterocycles. The summed E-state index contributed by atoms with van der Waals surface area (Å²) < 4.78 is 2.03. The van der Waals surface area contributed by atoms with Crippen molar-refractivity contribution in [2.45, 2.75) is 25.8 Å². The zero-order valence-electron chi connectivity index (χ0n) is 17.7. The second-order valence-electron chi connectivity index (χ2n) is 8.17. The number of amides is 1. The van der Waals surface area contributed by atoms with Crippen LogP contribution in [0.5, 0.6) is 0 Å². The molecule has 0 spiro atoms. The Labute approximate surface area is 178 Å². The quantitative estimate of drug-likeness (QED) is 0.453. The molecule has 2 aromatic rings. The summed E-state index contributed by atoms with van der Waals surface area (Å²) in [6, 6.07) is 12.5. The SMILES string of the molecule is CN1CC/C(=N/O)c2ccn(CCCCN3CCN(c4ccccc4)CC3)c2C1=O. The minimum absolute atomic E-state index is 0.00526. The summed E-state index contributed by atoms with van der Waals surface area (Å²) in [6.07, 6.45) is 4.64. The molecule has 30 heavy (non-hydrogen) atoms. The summed E-state index contributed by atoms with van der Waals surface area (Å²) in [5, 5.41) is 12.8. The van der Waals surface area contributed by atoms with E-state index in [1.54, 1.807) is 11.9 Å². The molecule has 2 aliphatic heterocycles. The third-order valence-corrected chi connectivity index (χ3v) is 6.25. The molecule has 0 atom stereocenters. The number of oxime groups is 1. The summed E-state index contributed by atoms with van der Waals surface area (Å²) in [5.41, 5.74) is 3.33. The van der Waals surface area contributed by atoms with Gasteiger partial charge in [0.25, 0.3) is 5.91 Å². The fourth-order valence-corrected chi connectivity index (χ4v) is 4.41. The van der Waals surface area contributed by atoms with Gasteiger partial charge >= 0.3 is 0 Å². The van der Waals surface area contributed by atoms with E-state index in [2.05, 4.69) is 45.3 Å². The van der Waals surface area contributed by atoms with Crippen LogP contribution in [-0.2, 0) is 6.54 Å². The van der Waals surface area contributed by atoms with Crippen molar-refractivity contribution in [3.8, 4) is 0 Å². The van der Waals surface area contributed by atoms with Gasteiger partial charge in [0, 0.05) is 70.2 Å². The monoisotopic (exact) mass is 409 g/mol. The number of anilines is 1. The Morgan fingerprint density at radius 2 is 1.70 bits per heavy atom. The van der Waals surface area contributed by atoms with Gasteiger partial charge in [-0.3, -0.25) is 9.69 Å². The van der Waals surface area contributed by atoms with Crippen molar-refractivity contribution >= 4 is 17.3 Å². The maximum Gasteiger partial charge on any atom is 0.270 e. The topological polar surface area (TPSA) is 64.3 Å². The van der Waals surface area contributed by atoms with Crippen molar-refractivity contribution in [2.75, 3.05) is 51.2 Å². The summed E-state index contributed by atoms with van der Waals surface area (Å²) >= 11 is 0. The van der Waals surface area contributed by atoms with Crippen LogP contribution in [0.1, 0.15) is 35.3 Å². The number of rotatable bonds is 6. The highest BCUT2D eigenvalue weighted by molar-refractivity contribution is 6.11. The Kier molecular flexibility index (Phi) is 6.38. The van der Waals surface area contributed by atoms with Gasteiger partial charge in [0.2, 0.25) is 0 Å². The normalized spacial score (nSPS) is 19.2. The van der Waals surface area contributed by atoms with Gasteiger partial charge in [-0.05, 0) is 37.6 Å². The van der Waals surface area contributed by atoms with Crippen molar-refractivity contribution in [3.63, 3.8) is 0 Å². The van der Waals surface area contributed by atoms with Crippen LogP contribution in [0.2, 0.25) is 0 Å². The van der Waals surface area contributed by atoms with Crippen LogP contribution in [0, 0.1) is 0 Å². The first-order chi connectivity index (χ1) is 14.7. The highest BCUT2D eigenvalue weighted by atomic mass is 16.4. The van der Waals surface area contributed by atoms with Crippen molar-refractivity contribution in [2.24, 2.45) is 5.16 Å². The molecule has 2 aliphatic rings. The van der Waals surface area contributed by atoms with Crippen LogP contribution < -0.4 is 4.90 Å². The number of aryl methyl sites for hydroxylation is 1. The van der Waals surface area contributed by atoms with E-state index in [1.165, 1.54) is 5.69 Å². The number of fused-ring (bicyclic) bond motifs is 1. The fraction of sp³-hybridized carbons (Fsp3) is 0.478. The Bertz CT molecular complexity index is 884. The number of para-hydroxylation sites is 1. The Morgan fingerprint density at radius 1 is 0.967 bits per heavy atom. The molecule has 7 nitrogen and oxygen atoms in total. The number of piperazine rings is 1. The minimum atomic E-state index is 0.00526. The van der Waals surface area contributed by atoms with Gasteiger partial charge in [-0.1, -0.05) is 23.4 Å². The molecule has 160 valence electrons. The number of unbranched alkanes of at least 4 members (excludes halogenated alkanes) is 1. The zero-order chi connectivity index (χ0) is 20.9. The molecule has 7 heteroatoms. The number of carbonyl (C=O) groups excluding carboxylic acids is 1. The van der Waals surface area contributed by atoms with Crippen LogP contribution in [-0.4, -0.2) is 77.5 Å². The molecular weight excluding hydrogens is 378 g/mol. The third kappa shape index (κ3) is 4.36. The highest BCUT2D eigenvalue weighted by Crippen LogP contribution is 2.21. The molecular formula is C23H31N5O2. The molecule has 0 radical (unpaired) electrons. The maximum atomic E-state index is 12.8. The maximum absolute atomic E-state index is 12.8. The van der Waals surface area contributed by atoms with Gasteiger partial charge in [0.05, 0.1) is 5.71 Å². The van der Waals surface area contributed by atoms with Crippen LogP contribution >= 0.6 is 0 Å². The molecule has 1 fully saturated rings. The van der Waals surface area contributed by atoms with Crippen LogP contribution in [0.4, 0.5) is 5.69 Å². The first-order valence-electron chi connectivity index (χ1n) is 10.9. The second-order valence-corrected chi connectivity index (χ2v) is 8.17. The summed E-state index contributed by atoms with van der Waals surface area (Å²) in [5.74, 6) is 0.00526. The zero-order valence-corrected chi connectivity index (χ0v) is 17.7. The van der Waals surface area contributed by atoms with E-state index < -0.39 is 0 Å². The van der Waals surface area contributed by atoms with E-state index in [9.17, 15) is 10.0 Å². The first kappa shape index (κ1) is 20.5. The van der Waals surface area contributed by atoms with Crippen molar-refractivity contribution in [1.29, 1.82) is 0 Å². The predicted molar refractivity (Wildman–Crippen MR) is 119 cm³/mol. The van der Waals surface area contributed by atoms with Gasteiger partial charge < -0.3 is 19.6 Å². The molecule has 0 bridgehead atoms. The largest absolute Gasteiger partial charge is 0.411 e. The lowest BCUT2D eigenvalue weighted by Crippen LogP contribution is -2.46. The molecule has 1 saturated heterocycles. The van der Waals surface area contributed by atoms with Gasteiger partial charge in [0.15, 0.2) is 0 Å². The predicted octanol–water partition coefficient (Wildman–Crippen LogP) is 2.74. The van der Waals surface area contributed by atoms with Gasteiger partial charge in [-0.25, -0.2) is 0 Å². The molecule has 4 rings (SSSR count). The van der Waals surface area contributed by atoms with E-state index >= 15 is 0 Å².